The third kappa shape index (κ3) is 4.37. The molecule has 0 heterocycles. The number of carbonyl (C=O) groups excluding carboxylic acids is 1. The summed E-state index contributed by atoms with van der Waals surface area (Å²) in [4.78, 5) is 22.3. The molecule has 0 unspecified atom stereocenters. The van der Waals surface area contributed by atoms with Crippen LogP contribution in [0.1, 0.15) is 31.1 Å². The average Bonchev–Trinajstić information content (AvgIpc) is 2.13. The van der Waals surface area contributed by atoms with Gasteiger partial charge in [0.15, 0.2) is 0 Å². The zero-order chi connectivity index (χ0) is 13.9. The summed E-state index contributed by atoms with van der Waals surface area (Å²) in [5.41, 5.74) is 0.00773. The highest BCUT2D eigenvalue weighted by Crippen LogP contribution is 2.22. The van der Waals surface area contributed by atoms with Gasteiger partial charge in [0.05, 0.1) is 5.56 Å². The maximum Gasteiger partial charge on any atom is 0.412 e. The first-order valence-corrected chi connectivity index (χ1v) is 6.01. The third-order valence-corrected chi connectivity index (χ3v) is 2.50. The van der Waals surface area contributed by atoms with E-state index in [0.29, 0.717) is 10.2 Å². The Labute approximate surface area is 113 Å². The van der Waals surface area contributed by atoms with Gasteiger partial charge < -0.3 is 9.84 Å². The fourth-order valence-corrected chi connectivity index (χ4v) is 1.74. The van der Waals surface area contributed by atoms with E-state index in [4.69, 9.17) is 9.84 Å². The van der Waals surface area contributed by atoms with Crippen molar-refractivity contribution in [2.24, 2.45) is 0 Å². The van der Waals surface area contributed by atoms with E-state index >= 15 is 0 Å². The number of anilines is 1. The molecule has 0 aliphatic carbocycles. The van der Waals surface area contributed by atoms with E-state index in [9.17, 15) is 9.59 Å². The van der Waals surface area contributed by atoms with Crippen LogP contribution in [0.3, 0.4) is 0 Å². The molecule has 0 aromatic heterocycles. The Morgan fingerprint density at radius 1 is 1.33 bits per heavy atom. The van der Waals surface area contributed by atoms with Crippen molar-refractivity contribution >= 4 is 33.7 Å². The topological polar surface area (TPSA) is 75.6 Å². The summed E-state index contributed by atoms with van der Waals surface area (Å²) < 4.78 is 5.47. The number of rotatable bonds is 2. The first-order valence-electron chi connectivity index (χ1n) is 5.22. The van der Waals surface area contributed by atoms with Crippen molar-refractivity contribution in [1.82, 2.24) is 0 Å². The minimum Gasteiger partial charge on any atom is -0.478 e. The van der Waals surface area contributed by atoms with Crippen LogP contribution in [0.4, 0.5) is 10.5 Å². The number of carboxylic acids is 1. The van der Waals surface area contributed by atoms with E-state index < -0.39 is 17.7 Å². The molecule has 0 atom stereocenters. The monoisotopic (exact) mass is 315 g/mol. The molecule has 1 amide bonds. The minimum absolute atomic E-state index is 0.129. The van der Waals surface area contributed by atoms with Crippen LogP contribution in [0.2, 0.25) is 0 Å². The van der Waals surface area contributed by atoms with E-state index in [0.717, 1.165) is 0 Å². The lowest BCUT2D eigenvalue weighted by atomic mass is 10.2. The Kier molecular flexibility index (Phi) is 4.34. The normalized spacial score (nSPS) is 10.9. The first kappa shape index (κ1) is 14.5. The number of nitrogens with one attached hydrogen (secondary N) is 1. The van der Waals surface area contributed by atoms with Gasteiger partial charge in [-0.1, -0.05) is 0 Å². The molecule has 2 N–H and O–H groups in total. The Hall–Kier alpha value is -1.56. The van der Waals surface area contributed by atoms with Crippen LogP contribution < -0.4 is 5.32 Å². The van der Waals surface area contributed by atoms with Gasteiger partial charge in [0.1, 0.15) is 5.60 Å². The van der Waals surface area contributed by atoms with Gasteiger partial charge in [-0.05, 0) is 54.9 Å². The summed E-state index contributed by atoms with van der Waals surface area (Å²) in [6.45, 7) is 5.28. The molecule has 0 spiro atoms. The lowest BCUT2D eigenvalue weighted by Crippen LogP contribution is -2.27. The molecule has 0 aliphatic heterocycles. The van der Waals surface area contributed by atoms with Crippen LogP contribution in [-0.2, 0) is 4.74 Å². The van der Waals surface area contributed by atoms with Gasteiger partial charge in [0.2, 0.25) is 0 Å². The van der Waals surface area contributed by atoms with Crippen LogP contribution in [0.25, 0.3) is 0 Å². The van der Waals surface area contributed by atoms with Crippen molar-refractivity contribution in [1.29, 1.82) is 0 Å². The van der Waals surface area contributed by atoms with E-state index in [1.807, 2.05) is 0 Å². The van der Waals surface area contributed by atoms with Crippen LogP contribution in [0.5, 0.6) is 0 Å². The molecule has 1 rings (SSSR count). The predicted molar refractivity (Wildman–Crippen MR) is 71.0 cm³/mol. The molecule has 98 valence electrons. The fraction of sp³-hybridized carbons (Fsp3) is 0.333. The van der Waals surface area contributed by atoms with Gasteiger partial charge >= 0.3 is 12.1 Å². The molecular weight excluding hydrogens is 302 g/mol. The van der Waals surface area contributed by atoms with E-state index in [2.05, 4.69) is 21.2 Å². The van der Waals surface area contributed by atoms with Crippen LogP contribution in [0, 0.1) is 0 Å². The van der Waals surface area contributed by atoms with Crippen molar-refractivity contribution in [3.63, 3.8) is 0 Å². The number of aromatic carboxylic acids is 1. The standard InChI is InChI=1S/C12H14BrNO4/c1-12(2,3)18-11(17)14-7-4-5-8(10(15)16)9(13)6-7/h4-6H,1-3H3,(H,14,17)(H,15,16). The summed E-state index contributed by atoms with van der Waals surface area (Å²) in [7, 11) is 0. The molecule has 0 aliphatic rings. The smallest absolute Gasteiger partial charge is 0.412 e. The lowest BCUT2D eigenvalue weighted by Gasteiger charge is -2.19. The minimum atomic E-state index is -1.04. The number of hydrogen-bond donors (Lipinski definition) is 2. The van der Waals surface area contributed by atoms with E-state index in [1.165, 1.54) is 18.2 Å². The van der Waals surface area contributed by atoms with Gasteiger partial charge in [-0.15, -0.1) is 0 Å². The van der Waals surface area contributed by atoms with E-state index in [1.54, 1.807) is 20.8 Å². The Morgan fingerprint density at radius 3 is 2.39 bits per heavy atom. The molecule has 0 saturated heterocycles. The number of hydrogen-bond acceptors (Lipinski definition) is 3. The van der Waals surface area contributed by atoms with Crippen molar-refractivity contribution < 1.29 is 19.4 Å². The zero-order valence-electron chi connectivity index (χ0n) is 10.3. The van der Waals surface area contributed by atoms with Gasteiger partial charge in [0.25, 0.3) is 0 Å². The SMILES string of the molecule is CC(C)(C)OC(=O)Nc1ccc(C(=O)O)c(Br)c1. The number of ether oxygens (including phenoxy) is 1. The van der Waals surface area contributed by atoms with E-state index in [-0.39, 0.29) is 5.56 Å². The summed E-state index contributed by atoms with van der Waals surface area (Å²) >= 11 is 3.13. The largest absolute Gasteiger partial charge is 0.478 e. The van der Waals surface area contributed by atoms with Gasteiger partial charge in [-0.2, -0.15) is 0 Å². The Bertz CT molecular complexity index is 479. The second-order valence-electron chi connectivity index (χ2n) is 4.63. The van der Waals surface area contributed by atoms with Crippen molar-refractivity contribution in [2.75, 3.05) is 5.32 Å². The quantitative estimate of drug-likeness (QED) is 0.875. The summed E-state index contributed by atoms with van der Waals surface area (Å²) in [6.07, 6.45) is -0.586. The number of carboxylic acid groups (broad SMARTS) is 1. The Balaban J connectivity index is 2.78. The second-order valence-corrected chi connectivity index (χ2v) is 5.48. The number of carbonyl (C=O) groups is 2. The molecule has 18 heavy (non-hydrogen) atoms. The molecule has 0 saturated carbocycles. The third-order valence-electron chi connectivity index (χ3n) is 1.84. The zero-order valence-corrected chi connectivity index (χ0v) is 11.9. The highest BCUT2D eigenvalue weighted by Gasteiger charge is 2.16. The van der Waals surface area contributed by atoms with Gasteiger partial charge in [-0.25, -0.2) is 9.59 Å². The summed E-state index contributed by atoms with van der Waals surface area (Å²) in [5, 5.41) is 11.4. The predicted octanol–water partition coefficient (Wildman–Crippen LogP) is 3.49. The molecule has 0 fully saturated rings. The van der Waals surface area contributed by atoms with Crippen molar-refractivity contribution in [3.8, 4) is 0 Å². The molecular formula is C12H14BrNO4. The van der Waals surface area contributed by atoms with Crippen LogP contribution in [-0.4, -0.2) is 22.8 Å². The maximum atomic E-state index is 11.5. The molecule has 0 bridgehead atoms. The fourth-order valence-electron chi connectivity index (χ4n) is 1.19. The molecule has 1 aromatic rings. The highest BCUT2D eigenvalue weighted by molar-refractivity contribution is 9.10. The van der Waals surface area contributed by atoms with Crippen molar-refractivity contribution in [2.45, 2.75) is 26.4 Å². The molecule has 5 nitrogen and oxygen atoms in total. The average molecular weight is 316 g/mol. The van der Waals surface area contributed by atoms with Crippen LogP contribution in [0.15, 0.2) is 22.7 Å². The highest BCUT2D eigenvalue weighted by atomic mass is 79.9. The molecule has 0 radical (unpaired) electrons. The second kappa shape index (κ2) is 5.39. The van der Waals surface area contributed by atoms with Gasteiger partial charge in [0, 0.05) is 10.2 Å². The number of amides is 1. The number of benzene rings is 1. The molecule has 1 aromatic carbocycles. The molecule has 6 heteroatoms. The summed E-state index contributed by atoms with van der Waals surface area (Å²) in [6, 6.07) is 4.41. The Morgan fingerprint density at radius 2 is 1.94 bits per heavy atom. The lowest BCUT2D eigenvalue weighted by molar-refractivity contribution is 0.0634. The van der Waals surface area contributed by atoms with Gasteiger partial charge in [-0.3, -0.25) is 5.32 Å². The number of halogens is 1. The maximum absolute atomic E-state index is 11.5. The summed E-state index contributed by atoms with van der Waals surface area (Å²) in [5.74, 6) is -1.04. The van der Waals surface area contributed by atoms with Crippen LogP contribution >= 0.6 is 15.9 Å². The van der Waals surface area contributed by atoms with Crippen molar-refractivity contribution in [3.05, 3.63) is 28.2 Å². The first-order chi connectivity index (χ1) is 8.19.